The summed E-state index contributed by atoms with van der Waals surface area (Å²) in [5.74, 6) is -1.41. The number of thiocarbonyl (C=S) groups is 1. The van der Waals surface area contributed by atoms with E-state index in [1.807, 2.05) is 43.3 Å². The van der Waals surface area contributed by atoms with E-state index < -0.39 is 5.97 Å². The van der Waals surface area contributed by atoms with Crippen molar-refractivity contribution < 1.29 is 14.7 Å². The number of allylic oxidation sites excluding steroid dienone is 2. The van der Waals surface area contributed by atoms with Gasteiger partial charge in [-0.3, -0.25) is 9.69 Å². The monoisotopic (exact) mass is 381 g/mol. The Morgan fingerprint density at radius 3 is 2.46 bits per heavy atom. The van der Waals surface area contributed by atoms with Crippen LogP contribution in [0.15, 0.2) is 71.2 Å². The topological polar surface area (TPSA) is 57.6 Å². The second kappa shape index (κ2) is 7.68. The molecule has 1 heterocycles. The molecule has 0 bridgehead atoms. The molecule has 1 saturated heterocycles. The molecule has 6 heteroatoms. The highest BCUT2D eigenvalue weighted by Gasteiger charge is 2.35. The first kappa shape index (κ1) is 18.1. The highest BCUT2D eigenvalue weighted by Crippen LogP contribution is 2.37. The number of carboxylic acids is 1. The third-order valence-electron chi connectivity index (χ3n) is 3.72. The van der Waals surface area contributed by atoms with Crippen molar-refractivity contribution in [1.82, 2.24) is 0 Å². The molecule has 1 aliphatic rings. The van der Waals surface area contributed by atoms with E-state index in [9.17, 15) is 14.7 Å². The van der Waals surface area contributed by atoms with Gasteiger partial charge in [-0.25, -0.2) is 4.79 Å². The van der Waals surface area contributed by atoms with Gasteiger partial charge in [0.15, 0.2) is 4.32 Å². The number of carbonyl (C=O) groups excluding carboxylic acids is 1. The normalized spacial score (nSPS) is 16.4. The fourth-order valence-corrected chi connectivity index (χ4v) is 3.92. The van der Waals surface area contributed by atoms with E-state index >= 15 is 0 Å². The Labute approximate surface area is 160 Å². The van der Waals surface area contributed by atoms with Gasteiger partial charge in [-0.15, -0.1) is 0 Å². The predicted molar refractivity (Wildman–Crippen MR) is 109 cm³/mol. The van der Waals surface area contributed by atoms with Gasteiger partial charge in [0, 0.05) is 0 Å². The van der Waals surface area contributed by atoms with Gasteiger partial charge in [0.1, 0.15) is 0 Å². The molecule has 130 valence electrons. The first-order valence-corrected chi connectivity index (χ1v) is 9.03. The van der Waals surface area contributed by atoms with Crippen LogP contribution in [0, 0.1) is 0 Å². The third-order valence-corrected chi connectivity index (χ3v) is 5.02. The maximum Gasteiger partial charge on any atom is 0.337 e. The van der Waals surface area contributed by atoms with Crippen LogP contribution in [0.1, 0.15) is 22.8 Å². The molecular formula is C20H15NO3S2. The number of para-hydroxylation sites is 1. The van der Waals surface area contributed by atoms with E-state index in [0.29, 0.717) is 9.23 Å². The fourth-order valence-electron chi connectivity index (χ4n) is 2.59. The third kappa shape index (κ3) is 3.76. The Morgan fingerprint density at radius 2 is 1.77 bits per heavy atom. The number of nitrogens with zero attached hydrogens (tertiary/aromatic N) is 1. The molecule has 0 radical (unpaired) electrons. The number of hydrogen-bond donors (Lipinski definition) is 1. The Morgan fingerprint density at radius 1 is 1.12 bits per heavy atom. The standard InChI is InChI=1S/C20H15NO3S2/c1-13(11-14-7-3-2-4-8-14)12-17-18(22)21(20(25)26-17)16-10-6-5-9-15(16)19(23)24/h2-12H,1H3,(H,23,24)/b13-11-,17-12+. The van der Waals surface area contributed by atoms with Gasteiger partial charge < -0.3 is 5.11 Å². The molecule has 2 aromatic carbocycles. The summed E-state index contributed by atoms with van der Waals surface area (Å²) in [6, 6.07) is 16.1. The molecular weight excluding hydrogens is 366 g/mol. The zero-order valence-electron chi connectivity index (χ0n) is 13.9. The predicted octanol–water partition coefficient (Wildman–Crippen LogP) is 4.74. The van der Waals surface area contributed by atoms with Crippen LogP contribution in [0.2, 0.25) is 0 Å². The minimum absolute atomic E-state index is 0.0431. The van der Waals surface area contributed by atoms with E-state index in [2.05, 4.69) is 0 Å². The minimum Gasteiger partial charge on any atom is -0.478 e. The number of amides is 1. The minimum atomic E-state index is -1.10. The molecule has 2 aromatic rings. The van der Waals surface area contributed by atoms with E-state index in [0.717, 1.165) is 11.1 Å². The summed E-state index contributed by atoms with van der Waals surface area (Å²) in [6.07, 6.45) is 3.74. The molecule has 0 aromatic heterocycles. The van der Waals surface area contributed by atoms with Crippen LogP contribution in [-0.4, -0.2) is 21.3 Å². The Balaban J connectivity index is 1.93. The Hall–Kier alpha value is -2.70. The van der Waals surface area contributed by atoms with Crippen molar-refractivity contribution in [3.63, 3.8) is 0 Å². The summed E-state index contributed by atoms with van der Waals surface area (Å²) in [6.45, 7) is 1.91. The van der Waals surface area contributed by atoms with Crippen molar-refractivity contribution >= 4 is 51.9 Å². The molecule has 0 saturated carbocycles. The van der Waals surface area contributed by atoms with Crippen LogP contribution in [0.4, 0.5) is 5.69 Å². The molecule has 1 fully saturated rings. The van der Waals surface area contributed by atoms with Gasteiger partial charge in [-0.2, -0.15) is 0 Å². The van der Waals surface area contributed by atoms with Gasteiger partial charge >= 0.3 is 5.97 Å². The fraction of sp³-hybridized carbons (Fsp3) is 0.0500. The average molecular weight is 381 g/mol. The number of aromatic carboxylic acids is 1. The highest BCUT2D eigenvalue weighted by molar-refractivity contribution is 8.27. The second-order valence-corrected chi connectivity index (χ2v) is 7.31. The number of carboxylic acid groups (broad SMARTS) is 1. The molecule has 0 unspecified atom stereocenters. The molecule has 1 amide bonds. The highest BCUT2D eigenvalue weighted by atomic mass is 32.2. The van der Waals surface area contributed by atoms with Gasteiger partial charge in [0.25, 0.3) is 5.91 Å². The summed E-state index contributed by atoms with van der Waals surface area (Å²) in [5.41, 5.74) is 2.27. The van der Waals surface area contributed by atoms with Crippen molar-refractivity contribution in [3.8, 4) is 0 Å². The van der Waals surface area contributed by atoms with Crippen molar-refractivity contribution in [1.29, 1.82) is 0 Å². The molecule has 26 heavy (non-hydrogen) atoms. The van der Waals surface area contributed by atoms with Gasteiger partial charge in [-0.05, 0) is 36.3 Å². The SMILES string of the molecule is CC(=C/c1ccccc1)/C=C1/SC(=S)N(c2ccccc2C(=O)O)C1=O. The van der Waals surface area contributed by atoms with Gasteiger partial charge in [0.05, 0.1) is 16.2 Å². The number of anilines is 1. The van der Waals surface area contributed by atoms with Crippen molar-refractivity contribution in [2.45, 2.75) is 6.92 Å². The van der Waals surface area contributed by atoms with Crippen molar-refractivity contribution in [2.75, 3.05) is 4.90 Å². The summed E-state index contributed by atoms with van der Waals surface area (Å²) < 4.78 is 0.322. The number of hydrogen-bond acceptors (Lipinski definition) is 4. The lowest BCUT2D eigenvalue weighted by Gasteiger charge is -2.16. The van der Waals surface area contributed by atoms with E-state index in [-0.39, 0.29) is 17.2 Å². The maximum atomic E-state index is 12.8. The Kier molecular flexibility index (Phi) is 5.35. The molecule has 0 spiro atoms. The zero-order valence-corrected chi connectivity index (χ0v) is 15.5. The molecule has 0 aliphatic carbocycles. The lowest BCUT2D eigenvalue weighted by Crippen LogP contribution is -2.29. The van der Waals surface area contributed by atoms with E-state index in [4.69, 9.17) is 12.2 Å². The molecule has 4 nitrogen and oxygen atoms in total. The quantitative estimate of drug-likeness (QED) is 0.612. The average Bonchev–Trinajstić information content (AvgIpc) is 2.89. The van der Waals surface area contributed by atoms with Crippen LogP contribution in [0.5, 0.6) is 0 Å². The van der Waals surface area contributed by atoms with E-state index in [1.165, 1.54) is 22.7 Å². The van der Waals surface area contributed by atoms with Crippen LogP contribution >= 0.6 is 24.0 Å². The number of thioether (sulfide) groups is 1. The molecule has 1 N–H and O–H groups in total. The van der Waals surface area contributed by atoms with Crippen LogP contribution in [0.3, 0.4) is 0 Å². The number of carbonyl (C=O) groups is 2. The van der Waals surface area contributed by atoms with Gasteiger partial charge in [-0.1, -0.05) is 72.5 Å². The van der Waals surface area contributed by atoms with Crippen molar-refractivity contribution in [2.24, 2.45) is 0 Å². The molecule has 1 aliphatic heterocycles. The van der Waals surface area contributed by atoms with E-state index in [1.54, 1.807) is 24.3 Å². The largest absolute Gasteiger partial charge is 0.478 e. The van der Waals surface area contributed by atoms with Crippen LogP contribution in [-0.2, 0) is 4.79 Å². The number of benzene rings is 2. The smallest absolute Gasteiger partial charge is 0.337 e. The van der Waals surface area contributed by atoms with Crippen molar-refractivity contribution in [3.05, 3.63) is 82.3 Å². The molecule has 0 atom stereocenters. The summed E-state index contributed by atoms with van der Waals surface area (Å²) in [4.78, 5) is 26.0. The Bertz CT molecular complexity index is 949. The lowest BCUT2D eigenvalue weighted by molar-refractivity contribution is -0.113. The first-order chi connectivity index (χ1) is 12.5. The zero-order chi connectivity index (χ0) is 18.7. The number of rotatable bonds is 4. The summed E-state index contributed by atoms with van der Waals surface area (Å²) >= 11 is 6.49. The second-order valence-electron chi connectivity index (χ2n) is 5.64. The van der Waals surface area contributed by atoms with Crippen LogP contribution in [0.25, 0.3) is 6.08 Å². The molecule has 3 rings (SSSR count). The lowest BCUT2D eigenvalue weighted by atomic mass is 10.1. The summed E-state index contributed by atoms with van der Waals surface area (Å²) in [7, 11) is 0. The summed E-state index contributed by atoms with van der Waals surface area (Å²) in [5, 5.41) is 9.36. The van der Waals surface area contributed by atoms with Gasteiger partial charge in [0.2, 0.25) is 0 Å². The van der Waals surface area contributed by atoms with Crippen LogP contribution < -0.4 is 4.90 Å². The first-order valence-electron chi connectivity index (χ1n) is 7.81. The maximum absolute atomic E-state index is 12.8.